The van der Waals surface area contributed by atoms with Crippen molar-refractivity contribution in [3.63, 3.8) is 0 Å². The number of aryl methyl sites for hydroxylation is 3. The predicted octanol–water partition coefficient (Wildman–Crippen LogP) is 5.86. The Hall–Kier alpha value is -3.76. The predicted molar refractivity (Wildman–Crippen MR) is 174 cm³/mol. The summed E-state index contributed by atoms with van der Waals surface area (Å²) in [6, 6.07) is 35.5. The molecule has 0 radical (unpaired) electrons. The molecular weight excluding hydrogens is 708 g/mol. The largest absolute Gasteiger partial charge is 0.491 e. The third kappa shape index (κ3) is 5.90. The molecule has 6 rings (SSSR count). The summed E-state index contributed by atoms with van der Waals surface area (Å²) in [7, 11) is 2.01. The minimum atomic E-state index is -0.0588. The van der Waals surface area contributed by atoms with Crippen LogP contribution >= 0.6 is 0 Å². The first-order chi connectivity index (χ1) is 20.2. The van der Waals surface area contributed by atoms with Crippen LogP contribution in [0.1, 0.15) is 43.0 Å². The molecular formula is C36H36BN5Pt-2. The van der Waals surface area contributed by atoms with Gasteiger partial charge in [0.15, 0.2) is 6.71 Å². The first-order valence-electron chi connectivity index (χ1n) is 14.5. The molecule has 2 aliphatic rings. The van der Waals surface area contributed by atoms with Crippen molar-refractivity contribution >= 4 is 45.9 Å². The van der Waals surface area contributed by atoms with E-state index < -0.39 is 0 Å². The Morgan fingerprint density at radius 2 is 1.49 bits per heavy atom. The van der Waals surface area contributed by atoms with Gasteiger partial charge in [-0.1, -0.05) is 76.4 Å². The molecule has 0 aliphatic carbocycles. The van der Waals surface area contributed by atoms with Crippen molar-refractivity contribution in [2.75, 3.05) is 12.1 Å². The monoisotopic (exact) mass is 744 g/mol. The van der Waals surface area contributed by atoms with Crippen molar-refractivity contribution in [1.82, 2.24) is 4.90 Å². The van der Waals surface area contributed by atoms with Crippen LogP contribution in [0.25, 0.3) is 5.57 Å². The van der Waals surface area contributed by atoms with E-state index in [9.17, 15) is 0 Å². The maximum Gasteiger partial charge on any atom is 0.207 e. The molecule has 0 saturated heterocycles. The van der Waals surface area contributed by atoms with Gasteiger partial charge in [0, 0.05) is 28.0 Å². The van der Waals surface area contributed by atoms with Crippen LogP contribution in [0.4, 0.5) is 11.4 Å². The van der Waals surface area contributed by atoms with E-state index in [1.165, 1.54) is 33.3 Å². The molecule has 220 valence electrons. The molecule has 2 aliphatic heterocycles. The summed E-state index contributed by atoms with van der Waals surface area (Å²) in [6.45, 7) is 14.8. The molecule has 0 saturated carbocycles. The second kappa shape index (κ2) is 12.5. The van der Waals surface area contributed by atoms with Crippen molar-refractivity contribution in [2.45, 2.75) is 47.6 Å². The van der Waals surface area contributed by atoms with Gasteiger partial charge in [0.25, 0.3) is 0 Å². The SMILES string of the molecule is CC1=NN(c2[c-]c(B(c3[c-]c([N+]4=NC(C)=C(c5ccccc5)C4C)ccc3)c3c(C)cc(C)cc3C)ccc2)[CH-]N1C.[Pt]. The Morgan fingerprint density at radius 3 is 2.14 bits per heavy atom. The number of allylic oxidation sites excluding steroid dienone is 1. The van der Waals surface area contributed by atoms with Gasteiger partial charge >= 0.3 is 0 Å². The van der Waals surface area contributed by atoms with E-state index in [0.29, 0.717) is 0 Å². The number of azo groups is 2. The van der Waals surface area contributed by atoms with E-state index in [1.54, 1.807) is 0 Å². The van der Waals surface area contributed by atoms with Gasteiger partial charge in [-0.3, -0.25) is 0 Å². The molecule has 7 heteroatoms. The van der Waals surface area contributed by atoms with Crippen LogP contribution in [0.15, 0.2) is 94.8 Å². The maximum absolute atomic E-state index is 5.01. The summed E-state index contributed by atoms with van der Waals surface area (Å²) < 4.78 is 2.11. The Bertz CT molecular complexity index is 1740. The summed E-state index contributed by atoms with van der Waals surface area (Å²) in [5, 5.41) is 11.6. The van der Waals surface area contributed by atoms with Crippen LogP contribution in [0, 0.1) is 39.6 Å². The number of benzene rings is 4. The number of hydrogen-bond acceptors (Lipinski definition) is 4. The fourth-order valence-electron chi connectivity index (χ4n) is 6.35. The standard InChI is InChI=1S/C36H36BN5.Pt/c1-24-19-25(2)36(26(3)20-24)37(31-15-11-17-33(21-31)41-23-40(7)29(6)39-41)32-16-12-18-34(22-32)42-28(5)35(27(4)38-42)30-13-9-8-10-14-30;/h8-20,23,28H,1-7H3;/q-2;. The average molecular weight is 745 g/mol. The number of amidine groups is 1. The van der Waals surface area contributed by atoms with E-state index in [-0.39, 0.29) is 33.8 Å². The maximum atomic E-state index is 5.01. The van der Waals surface area contributed by atoms with Crippen LogP contribution < -0.4 is 21.4 Å². The van der Waals surface area contributed by atoms with E-state index in [2.05, 4.69) is 130 Å². The van der Waals surface area contributed by atoms with E-state index in [1.807, 2.05) is 30.5 Å². The molecule has 0 aromatic heterocycles. The van der Waals surface area contributed by atoms with E-state index in [4.69, 9.17) is 10.2 Å². The van der Waals surface area contributed by atoms with Crippen LogP contribution in [-0.2, 0) is 21.1 Å². The zero-order chi connectivity index (χ0) is 29.5. The normalized spacial score (nSPS) is 16.3. The van der Waals surface area contributed by atoms with Crippen molar-refractivity contribution in [1.29, 1.82) is 0 Å². The Morgan fingerprint density at radius 1 is 0.837 bits per heavy atom. The fraction of sp³-hybridized carbons (Fsp3) is 0.222. The first kappa shape index (κ1) is 30.7. The van der Waals surface area contributed by atoms with Crippen LogP contribution in [0.2, 0.25) is 0 Å². The van der Waals surface area contributed by atoms with Gasteiger partial charge in [-0.15, -0.1) is 23.5 Å². The molecule has 0 N–H and O–H groups in total. The second-order valence-corrected chi connectivity index (χ2v) is 11.4. The average Bonchev–Trinajstić information content (AvgIpc) is 3.47. The van der Waals surface area contributed by atoms with E-state index in [0.717, 1.165) is 33.8 Å². The molecule has 2 heterocycles. The first-order valence-corrected chi connectivity index (χ1v) is 14.5. The van der Waals surface area contributed by atoms with Gasteiger partial charge in [0.05, 0.1) is 11.4 Å². The quantitative estimate of drug-likeness (QED) is 0.141. The number of hydrogen-bond donors (Lipinski definition) is 0. The van der Waals surface area contributed by atoms with Crippen molar-refractivity contribution in [3.05, 3.63) is 126 Å². The summed E-state index contributed by atoms with van der Waals surface area (Å²) in [6.07, 6.45) is 0. The zero-order valence-electron chi connectivity index (χ0n) is 25.8. The van der Waals surface area contributed by atoms with Gasteiger partial charge in [0.2, 0.25) is 6.04 Å². The molecule has 5 nitrogen and oxygen atoms in total. The molecule has 0 fully saturated rings. The zero-order valence-corrected chi connectivity index (χ0v) is 28.1. The molecule has 4 aromatic carbocycles. The van der Waals surface area contributed by atoms with Gasteiger partial charge in [-0.25, -0.2) is 0 Å². The van der Waals surface area contributed by atoms with E-state index >= 15 is 0 Å². The summed E-state index contributed by atoms with van der Waals surface area (Å²) in [4.78, 5) is 2.02. The van der Waals surface area contributed by atoms with Crippen molar-refractivity contribution < 1.29 is 25.8 Å². The summed E-state index contributed by atoms with van der Waals surface area (Å²) in [5.41, 5.74) is 12.6. The number of nitrogens with zero attached hydrogens (tertiary/aromatic N) is 5. The molecule has 1 atom stereocenters. The molecule has 0 spiro atoms. The van der Waals surface area contributed by atoms with Gasteiger partial charge in [-0.05, 0) is 52.3 Å². The van der Waals surface area contributed by atoms with Crippen molar-refractivity contribution in [2.24, 2.45) is 10.2 Å². The van der Waals surface area contributed by atoms with Gasteiger partial charge in [-0.2, -0.15) is 46.4 Å². The summed E-state index contributed by atoms with van der Waals surface area (Å²) in [5.74, 6) is 0.943. The van der Waals surface area contributed by atoms with Gasteiger partial charge < -0.3 is 9.91 Å². The van der Waals surface area contributed by atoms with Gasteiger partial charge in [0.1, 0.15) is 11.4 Å². The van der Waals surface area contributed by atoms with Crippen LogP contribution in [0.3, 0.4) is 0 Å². The third-order valence-corrected chi connectivity index (χ3v) is 8.31. The molecule has 4 aromatic rings. The Labute approximate surface area is 271 Å². The molecule has 0 amide bonds. The van der Waals surface area contributed by atoms with Crippen molar-refractivity contribution in [3.8, 4) is 0 Å². The fourth-order valence-corrected chi connectivity index (χ4v) is 6.35. The molecule has 1 unspecified atom stereocenters. The Balaban J connectivity index is 0.00000368. The smallest absolute Gasteiger partial charge is 0.207 e. The molecule has 0 bridgehead atoms. The number of rotatable bonds is 6. The Kier molecular flexibility index (Phi) is 8.90. The minimum absolute atomic E-state index is 0. The summed E-state index contributed by atoms with van der Waals surface area (Å²) >= 11 is 0. The molecule has 43 heavy (non-hydrogen) atoms. The third-order valence-electron chi connectivity index (χ3n) is 8.31. The minimum Gasteiger partial charge on any atom is -0.491 e. The second-order valence-electron chi connectivity index (χ2n) is 11.4. The number of anilines is 1. The van der Waals surface area contributed by atoms with Crippen LogP contribution in [-0.4, -0.2) is 35.2 Å². The van der Waals surface area contributed by atoms with Crippen LogP contribution in [0.5, 0.6) is 0 Å². The topological polar surface area (TPSA) is 34.2 Å². The number of hydrazone groups is 1.